The van der Waals surface area contributed by atoms with Crippen molar-refractivity contribution in [3.63, 3.8) is 0 Å². The van der Waals surface area contributed by atoms with Crippen LogP contribution in [-0.2, 0) is 0 Å². The second-order valence-corrected chi connectivity index (χ2v) is 5.91. The number of anilines is 1. The average Bonchev–Trinajstić information content (AvgIpc) is 3.21. The third-order valence-corrected chi connectivity index (χ3v) is 4.36. The summed E-state index contributed by atoms with van der Waals surface area (Å²) in [5, 5.41) is 3.35. The van der Waals surface area contributed by atoms with Gasteiger partial charge in [-0.15, -0.1) is 0 Å². The van der Waals surface area contributed by atoms with Gasteiger partial charge in [-0.25, -0.2) is 4.98 Å². The summed E-state index contributed by atoms with van der Waals surface area (Å²) >= 11 is 0. The predicted octanol–water partition coefficient (Wildman–Crippen LogP) is 1.47. The van der Waals surface area contributed by atoms with Crippen molar-refractivity contribution in [2.24, 2.45) is 0 Å². The molecule has 1 saturated heterocycles. The van der Waals surface area contributed by atoms with Crippen molar-refractivity contribution in [2.75, 3.05) is 18.9 Å². The predicted molar refractivity (Wildman–Crippen MR) is 75.5 cm³/mol. The number of aromatic nitrogens is 2. The fourth-order valence-electron chi connectivity index (χ4n) is 2.78. The molecule has 0 spiro atoms. The fourth-order valence-corrected chi connectivity index (χ4v) is 2.78. The smallest absolute Gasteiger partial charge is 0.293 e. The highest BCUT2D eigenvalue weighted by atomic mass is 16.1. The largest absolute Gasteiger partial charge is 0.363 e. The molecule has 2 fully saturated rings. The molecule has 5 heteroatoms. The van der Waals surface area contributed by atoms with Crippen LogP contribution >= 0.6 is 0 Å². The summed E-state index contributed by atoms with van der Waals surface area (Å²) < 4.78 is 1.83. The molecular formula is C14H22N4O. The molecule has 19 heavy (non-hydrogen) atoms. The topological polar surface area (TPSA) is 50.2 Å². The van der Waals surface area contributed by atoms with Crippen LogP contribution in [0.3, 0.4) is 0 Å². The quantitative estimate of drug-likeness (QED) is 0.896. The highest BCUT2D eigenvalue weighted by Crippen LogP contribution is 2.33. The molecule has 0 aromatic carbocycles. The molecular weight excluding hydrogens is 240 g/mol. The molecule has 1 N–H and O–H groups in total. The summed E-state index contributed by atoms with van der Waals surface area (Å²) in [5.41, 5.74) is 0.0385. The van der Waals surface area contributed by atoms with Crippen LogP contribution in [0.5, 0.6) is 0 Å². The molecule has 1 aliphatic heterocycles. The monoisotopic (exact) mass is 262 g/mol. The Balaban J connectivity index is 1.73. The first-order valence-electron chi connectivity index (χ1n) is 7.19. The van der Waals surface area contributed by atoms with E-state index in [1.165, 1.54) is 0 Å². The van der Waals surface area contributed by atoms with Crippen LogP contribution in [0.15, 0.2) is 17.2 Å². The van der Waals surface area contributed by atoms with Crippen molar-refractivity contribution in [2.45, 2.75) is 50.7 Å². The van der Waals surface area contributed by atoms with Gasteiger partial charge in [0, 0.05) is 37.1 Å². The molecule has 2 unspecified atom stereocenters. The lowest BCUT2D eigenvalue weighted by Crippen LogP contribution is -2.43. The molecule has 104 valence electrons. The average molecular weight is 262 g/mol. The van der Waals surface area contributed by atoms with Crippen molar-refractivity contribution in [1.29, 1.82) is 0 Å². The second kappa shape index (κ2) is 4.96. The van der Waals surface area contributed by atoms with Gasteiger partial charge in [0.05, 0.1) is 0 Å². The Labute approximate surface area is 113 Å². The number of piperidine rings is 1. The van der Waals surface area contributed by atoms with Gasteiger partial charge >= 0.3 is 0 Å². The summed E-state index contributed by atoms with van der Waals surface area (Å²) in [7, 11) is 2.15. The summed E-state index contributed by atoms with van der Waals surface area (Å²) in [6.07, 6.45) is 7.92. The molecule has 2 atom stereocenters. The third-order valence-electron chi connectivity index (χ3n) is 4.36. The number of nitrogens with one attached hydrogen (secondary N) is 1. The molecule has 1 aliphatic carbocycles. The van der Waals surface area contributed by atoms with Crippen molar-refractivity contribution in [3.05, 3.63) is 22.7 Å². The first-order valence-corrected chi connectivity index (χ1v) is 7.19. The number of hydrogen-bond donors (Lipinski definition) is 1. The van der Waals surface area contributed by atoms with Crippen LogP contribution in [-0.4, -0.2) is 40.1 Å². The summed E-state index contributed by atoms with van der Waals surface area (Å²) in [5.74, 6) is 0.524. The lowest BCUT2D eigenvalue weighted by atomic mass is 9.99. The van der Waals surface area contributed by atoms with Gasteiger partial charge in [-0.1, -0.05) is 0 Å². The van der Waals surface area contributed by atoms with Gasteiger partial charge in [-0.2, -0.15) is 0 Å². The minimum atomic E-state index is 0.0385. The first-order chi connectivity index (χ1) is 9.15. The van der Waals surface area contributed by atoms with E-state index in [0.717, 1.165) is 32.2 Å². The van der Waals surface area contributed by atoms with Crippen LogP contribution in [0.4, 0.5) is 5.82 Å². The third kappa shape index (κ3) is 2.66. The van der Waals surface area contributed by atoms with Gasteiger partial charge in [-0.3, -0.25) is 4.79 Å². The van der Waals surface area contributed by atoms with Crippen molar-refractivity contribution < 1.29 is 0 Å². The summed E-state index contributed by atoms with van der Waals surface area (Å²) in [6.45, 7) is 3.30. The number of hydrogen-bond acceptors (Lipinski definition) is 4. The molecule has 2 heterocycles. The Morgan fingerprint density at radius 1 is 1.37 bits per heavy atom. The van der Waals surface area contributed by atoms with E-state index >= 15 is 0 Å². The number of rotatable bonds is 3. The van der Waals surface area contributed by atoms with Gasteiger partial charge in [0.25, 0.3) is 5.56 Å². The van der Waals surface area contributed by atoms with E-state index in [9.17, 15) is 4.79 Å². The van der Waals surface area contributed by atoms with Crippen molar-refractivity contribution in [3.8, 4) is 0 Å². The summed E-state index contributed by atoms with van der Waals surface area (Å²) in [6, 6.07) is 1.33. The maximum absolute atomic E-state index is 12.3. The zero-order chi connectivity index (χ0) is 13.4. The van der Waals surface area contributed by atoms with Gasteiger partial charge in [0.2, 0.25) is 0 Å². The van der Waals surface area contributed by atoms with E-state index < -0.39 is 0 Å². The normalized spacial score (nSPS) is 28.3. The highest BCUT2D eigenvalue weighted by Gasteiger charge is 2.27. The standard InChI is InChI=1S/C14H22N4O/c1-10-9-11(5-7-17(10)2)16-13-14(19)18(8-6-15-13)12-3-4-12/h6,8,10-12H,3-5,7,9H2,1-2H3,(H,15,16). The molecule has 1 aromatic rings. The molecule has 0 amide bonds. The van der Waals surface area contributed by atoms with Crippen molar-refractivity contribution >= 4 is 5.82 Å². The Kier molecular flexibility index (Phi) is 3.31. The molecule has 1 aromatic heterocycles. The number of nitrogens with zero attached hydrogens (tertiary/aromatic N) is 3. The first kappa shape index (κ1) is 12.7. The van der Waals surface area contributed by atoms with Gasteiger partial charge < -0.3 is 14.8 Å². The Bertz CT molecular complexity index is 508. The van der Waals surface area contributed by atoms with E-state index in [0.29, 0.717) is 23.9 Å². The molecule has 5 nitrogen and oxygen atoms in total. The minimum absolute atomic E-state index is 0.0385. The SMILES string of the molecule is CC1CC(Nc2nccn(C3CC3)c2=O)CCN1C. The lowest BCUT2D eigenvalue weighted by Gasteiger charge is -2.35. The second-order valence-electron chi connectivity index (χ2n) is 5.91. The van der Waals surface area contributed by atoms with Crippen LogP contribution in [0, 0.1) is 0 Å². The van der Waals surface area contributed by atoms with E-state index in [1.807, 2.05) is 10.8 Å². The van der Waals surface area contributed by atoms with Gasteiger partial charge in [0.15, 0.2) is 5.82 Å². The summed E-state index contributed by atoms with van der Waals surface area (Å²) in [4.78, 5) is 18.9. The van der Waals surface area contributed by atoms with Crippen LogP contribution < -0.4 is 10.9 Å². The molecule has 2 aliphatic rings. The van der Waals surface area contributed by atoms with E-state index in [-0.39, 0.29) is 5.56 Å². The van der Waals surface area contributed by atoms with Crippen LogP contribution in [0.1, 0.15) is 38.6 Å². The fraction of sp³-hybridized carbons (Fsp3) is 0.714. The molecule has 1 saturated carbocycles. The van der Waals surface area contributed by atoms with Crippen LogP contribution in [0.2, 0.25) is 0 Å². The van der Waals surface area contributed by atoms with E-state index in [4.69, 9.17) is 0 Å². The maximum Gasteiger partial charge on any atom is 0.293 e. The number of likely N-dealkylation sites (tertiary alicyclic amines) is 1. The van der Waals surface area contributed by atoms with Gasteiger partial charge in [0.1, 0.15) is 0 Å². The van der Waals surface area contributed by atoms with Crippen LogP contribution in [0.25, 0.3) is 0 Å². The zero-order valence-corrected chi connectivity index (χ0v) is 11.7. The lowest BCUT2D eigenvalue weighted by molar-refractivity contribution is 0.190. The Hall–Kier alpha value is -1.36. The molecule has 0 bridgehead atoms. The minimum Gasteiger partial charge on any atom is -0.363 e. The highest BCUT2D eigenvalue weighted by molar-refractivity contribution is 5.33. The Morgan fingerprint density at radius 3 is 2.84 bits per heavy atom. The van der Waals surface area contributed by atoms with E-state index in [2.05, 4.69) is 29.2 Å². The zero-order valence-electron chi connectivity index (χ0n) is 11.7. The Morgan fingerprint density at radius 2 is 2.16 bits per heavy atom. The van der Waals surface area contributed by atoms with E-state index in [1.54, 1.807) is 6.20 Å². The van der Waals surface area contributed by atoms with Crippen molar-refractivity contribution in [1.82, 2.24) is 14.5 Å². The molecule has 0 radical (unpaired) electrons. The maximum atomic E-state index is 12.3. The molecule has 3 rings (SSSR count). The van der Waals surface area contributed by atoms with Gasteiger partial charge in [-0.05, 0) is 39.7 Å².